The summed E-state index contributed by atoms with van der Waals surface area (Å²) in [5.41, 5.74) is 0. The molecular formula is C43H75N7O6S. The van der Waals surface area contributed by atoms with Crippen molar-refractivity contribution in [3.63, 3.8) is 0 Å². The zero-order valence-corrected chi connectivity index (χ0v) is 36.6. The molecule has 0 saturated carbocycles. The van der Waals surface area contributed by atoms with Crippen molar-refractivity contribution in [3.05, 3.63) is 0 Å². The van der Waals surface area contributed by atoms with Crippen LogP contribution in [0.5, 0.6) is 0 Å². The fourth-order valence-corrected chi connectivity index (χ4v) is 11.7. The second-order valence-corrected chi connectivity index (χ2v) is 20.1. The van der Waals surface area contributed by atoms with Gasteiger partial charge in [0, 0.05) is 74.9 Å². The molecule has 1 spiro atoms. The molecule has 5 amide bonds. The van der Waals surface area contributed by atoms with Crippen LogP contribution in [0, 0.1) is 17.8 Å². The molecule has 6 fully saturated rings. The summed E-state index contributed by atoms with van der Waals surface area (Å²) >= 11 is 1.92. The fourth-order valence-electron chi connectivity index (χ4n) is 10.2. The maximum atomic E-state index is 14.5. The number of urea groups is 1. The zero-order valence-electron chi connectivity index (χ0n) is 35.8. The predicted octanol–water partition coefficient (Wildman–Crippen LogP) is 4.44. The maximum absolute atomic E-state index is 14.5. The Labute approximate surface area is 347 Å². The van der Waals surface area contributed by atoms with Crippen LogP contribution in [0.4, 0.5) is 4.79 Å². The van der Waals surface area contributed by atoms with Gasteiger partial charge < -0.3 is 40.1 Å². The van der Waals surface area contributed by atoms with Gasteiger partial charge in [0.15, 0.2) is 5.79 Å². The number of amides is 5. The van der Waals surface area contributed by atoms with Gasteiger partial charge in [-0.15, -0.1) is 0 Å². The summed E-state index contributed by atoms with van der Waals surface area (Å²) in [6, 6.07) is -0.312. The highest BCUT2D eigenvalue weighted by Gasteiger charge is 2.48. The lowest BCUT2D eigenvalue weighted by atomic mass is 9.91. The van der Waals surface area contributed by atoms with Gasteiger partial charge in [-0.3, -0.25) is 19.3 Å². The van der Waals surface area contributed by atoms with E-state index in [0.29, 0.717) is 75.6 Å². The second kappa shape index (κ2) is 20.9. The number of hydrogen-bond acceptors (Lipinski definition) is 9. The Balaban J connectivity index is 0.918. The van der Waals surface area contributed by atoms with Crippen molar-refractivity contribution in [2.45, 2.75) is 159 Å². The third-order valence-electron chi connectivity index (χ3n) is 13.2. The van der Waals surface area contributed by atoms with Gasteiger partial charge in [-0.05, 0) is 89.8 Å². The third kappa shape index (κ3) is 12.0. The smallest absolute Gasteiger partial charge is 0.315 e. The zero-order chi connectivity index (χ0) is 40.5. The number of fused-ring (bicyclic) bond motifs is 1. The highest BCUT2D eigenvalue weighted by Crippen LogP contribution is 2.37. The molecule has 6 saturated heterocycles. The minimum absolute atomic E-state index is 0.0334. The number of hydrogen-bond donors (Lipinski definition) is 3. The van der Waals surface area contributed by atoms with Crippen molar-refractivity contribution in [2.75, 3.05) is 71.3 Å². The van der Waals surface area contributed by atoms with Gasteiger partial charge in [0.25, 0.3) is 0 Å². The van der Waals surface area contributed by atoms with Crippen molar-refractivity contribution in [1.82, 2.24) is 35.6 Å². The lowest BCUT2D eigenvalue weighted by molar-refractivity contribution is -0.303. The van der Waals surface area contributed by atoms with Gasteiger partial charge in [-0.25, -0.2) is 4.79 Å². The number of nitrogens with zero attached hydrogens (tertiary/aromatic N) is 4. The molecule has 0 aliphatic carbocycles. The van der Waals surface area contributed by atoms with E-state index >= 15 is 0 Å². The first-order valence-corrected chi connectivity index (χ1v) is 23.8. The molecule has 6 aliphatic rings. The van der Waals surface area contributed by atoms with E-state index in [2.05, 4.69) is 60.4 Å². The summed E-state index contributed by atoms with van der Waals surface area (Å²) in [6.45, 7) is 19.0. The molecule has 57 heavy (non-hydrogen) atoms. The minimum Gasteiger partial charge on any atom is -0.356 e. The molecule has 14 heteroatoms. The van der Waals surface area contributed by atoms with Gasteiger partial charge in [-0.1, -0.05) is 40.5 Å². The van der Waals surface area contributed by atoms with Crippen molar-refractivity contribution >= 4 is 35.5 Å². The predicted molar refractivity (Wildman–Crippen MR) is 225 cm³/mol. The summed E-state index contributed by atoms with van der Waals surface area (Å²) < 4.78 is 12.9. The second-order valence-electron chi connectivity index (χ2n) is 18.9. The molecule has 0 bridgehead atoms. The average molecular weight is 818 g/mol. The largest absolute Gasteiger partial charge is 0.356 e. The first kappa shape index (κ1) is 44.4. The van der Waals surface area contributed by atoms with Crippen LogP contribution in [-0.4, -0.2) is 156 Å². The Morgan fingerprint density at radius 2 is 1.70 bits per heavy atom. The third-order valence-corrected chi connectivity index (χ3v) is 14.8. The van der Waals surface area contributed by atoms with Gasteiger partial charge in [0.05, 0.1) is 31.3 Å². The van der Waals surface area contributed by atoms with Crippen LogP contribution in [-0.2, 0) is 23.9 Å². The van der Waals surface area contributed by atoms with Gasteiger partial charge in [-0.2, -0.15) is 11.8 Å². The van der Waals surface area contributed by atoms with Crippen LogP contribution < -0.4 is 16.0 Å². The van der Waals surface area contributed by atoms with Crippen LogP contribution in [0.15, 0.2) is 0 Å². The first-order valence-electron chi connectivity index (χ1n) is 22.7. The Morgan fingerprint density at radius 1 is 0.930 bits per heavy atom. The molecule has 6 aliphatic heterocycles. The number of piperidine rings is 1. The first-order chi connectivity index (χ1) is 27.4. The van der Waals surface area contributed by atoms with E-state index < -0.39 is 11.8 Å². The van der Waals surface area contributed by atoms with Gasteiger partial charge in [0.2, 0.25) is 17.7 Å². The molecule has 0 aromatic heterocycles. The summed E-state index contributed by atoms with van der Waals surface area (Å²) in [6.07, 6.45) is 11.6. The molecule has 0 aromatic rings. The summed E-state index contributed by atoms with van der Waals surface area (Å²) in [4.78, 5) is 61.9. The van der Waals surface area contributed by atoms with E-state index in [9.17, 15) is 19.2 Å². The van der Waals surface area contributed by atoms with Crippen molar-refractivity contribution < 1.29 is 28.7 Å². The van der Waals surface area contributed by atoms with E-state index in [4.69, 9.17) is 9.47 Å². The Morgan fingerprint density at radius 3 is 2.42 bits per heavy atom. The number of unbranched alkanes of at least 4 members (excludes halogenated alkanes) is 3. The van der Waals surface area contributed by atoms with Crippen LogP contribution in [0.25, 0.3) is 0 Å². The highest BCUT2D eigenvalue weighted by atomic mass is 32.2. The number of ether oxygens (including phenoxy) is 2. The van der Waals surface area contributed by atoms with Crippen LogP contribution >= 0.6 is 11.8 Å². The molecule has 0 unspecified atom stereocenters. The molecule has 3 N–H and O–H groups in total. The quantitative estimate of drug-likeness (QED) is 0.128. The van der Waals surface area contributed by atoms with E-state index in [1.54, 1.807) is 0 Å². The van der Waals surface area contributed by atoms with Crippen molar-refractivity contribution in [2.24, 2.45) is 17.8 Å². The molecule has 6 atom stereocenters. The maximum Gasteiger partial charge on any atom is 0.315 e. The normalized spacial score (nSPS) is 31.6. The van der Waals surface area contributed by atoms with E-state index in [-0.39, 0.29) is 53.8 Å². The molecule has 6 rings (SSSR count). The Hall–Kier alpha value is -2.13. The lowest BCUT2D eigenvalue weighted by Gasteiger charge is -2.50. The summed E-state index contributed by atoms with van der Waals surface area (Å²) in [5, 5.41) is 9.57. The standard InChI is InChI=1S/C43H75N7O6S/c1-30(2)23-35-40(52)50(22-21-48(35)19-10-6-9-16-44-38(51)14-8-7-13-37-39-34(29-57-37)45-42(54)46-39)36(24-31(3)4)41(53)49-20-15-43(25-32(49)5)55-27-33(28-56-43)26-47-17-11-12-18-47/h30-37,39H,6-29H2,1-5H3,(H,44,51)(H2,45,46,54)/t32-,33?,34-,35-,36-,37-,39-,43?/m0/s1. The minimum atomic E-state index is -0.616. The van der Waals surface area contributed by atoms with Gasteiger partial charge in [0.1, 0.15) is 6.04 Å². The molecular weight excluding hydrogens is 743 g/mol. The fraction of sp³-hybridized carbons (Fsp3) is 0.907. The number of nitrogens with one attached hydrogen (secondary N) is 3. The number of thioether (sulfide) groups is 1. The molecule has 13 nitrogen and oxygen atoms in total. The summed E-state index contributed by atoms with van der Waals surface area (Å²) in [5.74, 6) is 1.66. The van der Waals surface area contributed by atoms with Crippen molar-refractivity contribution in [1.29, 1.82) is 0 Å². The number of likely N-dealkylation sites (tertiary alicyclic amines) is 2. The number of carbonyl (C=O) groups excluding carboxylic acids is 4. The van der Waals surface area contributed by atoms with Crippen LogP contribution in [0.1, 0.15) is 118 Å². The number of rotatable bonds is 19. The number of carbonyl (C=O) groups is 4. The Bertz CT molecular complexity index is 1340. The SMILES string of the molecule is CC(C)C[C@H]1C(=O)N([C@@H](CC(C)C)C(=O)N2CCC3(C[C@@H]2C)OCC(CN2CCCC2)CO3)CCN1CCCCCNC(=O)CCCC[C@@H]1SC[C@@H]2NC(=O)N[C@@H]21. The molecule has 0 radical (unpaired) electrons. The topological polar surface area (TPSA) is 136 Å². The van der Waals surface area contributed by atoms with E-state index in [1.165, 1.54) is 25.9 Å². The van der Waals surface area contributed by atoms with Gasteiger partial charge >= 0.3 is 6.03 Å². The van der Waals surface area contributed by atoms with Crippen LogP contribution in [0.2, 0.25) is 0 Å². The summed E-state index contributed by atoms with van der Waals surface area (Å²) in [7, 11) is 0. The van der Waals surface area contributed by atoms with Crippen molar-refractivity contribution in [3.8, 4) is 0 Å². The van der Waals surface area contributed by atoms with E-state index in [0.717, 1.165) is 70.3 Å². The molecule has 324 valence electrons. The average Bonchev–Trinajstić information content (AvgIpc) is 3.91. The lowest BCUT2D eigenvalue weighted by Crippen LogP contribution is -2.64. The van der Waals surface area contributed by atoms with E-state index in [1.807, 2.05) is 21.6 Å². The molecule has 0 aromatic carbocycles. The van der Waals surface area contributed by atoms with Crippen LogP contribution in [0.3, 0.4) is 0 Å². The Kier molecular flexibility index (Phi) is 16.3. The molecule has 6 heterocycles. The number of piperazine rings is 1. The monoisotopic (exact) mass is 818 g/mol. The highest BCUT2D eigenvalue weighted by molar-refractivity contribution is 8.00.